The summed E-state index contributed by atoms with van der Waals surface area (Å²) < 4.78 is 0. The summed E-state index contributed by atoms with van der Waals surface area (Å²) in [7, 11) is 0. The molecule has 0 aromatic carbocycles. The molecule has 82 valence electrons. The molecular weight excluding hydrogens is 178 g/mol. The van der Waals surface area contributed by atoms with Gasteiger partial charge in [-0.15, -0.1) is 0 Å². The first-order valence-electron chi connectivity index (χ1n) is 5.33. The smallest absolute Gasteiger partial charge is 0.235 e. The van der Waals surface area contributed by atoms with Crippen LogP contribution in [0.5, 0.6) is 0 Å². The SMILES string of the molecule is C[C@@H]1CCC[C@H](C)N1CC(N)C(N)=O. The molecule has 1 aliphatic rings. The lowest BCUT2D eigenvalue weighted by atomic mass is 9.97. The Morgan fingerprint density at radius 1 is 1.43 bits per heavy atom. The average molecular weight is 199 g/mol. The van der Waals surface area contributed by atoms with Crippen LogP contribution in [-0.2, 0) is 4.79 Å². The van der Waals surface area contributed by atoms with Crippen LogP contribution in [0.15, 0.2) is 0 Å². The van der Waals surface area contributed by atoms with E-state index in [1.165, 1.54) is 19.3 Å². The molecule has 0 spiro atoms. The van der Waals surface area contributed by atoms with Crippen molar-refractivity contribution in [1.82, 2.24) is 4.90 Å². The number of primary amides is 1. The van der Waals surface area contributed by atoms with Crippen LogP contribution in [0.2, 0.25) is 0 Å². The molecule has 1 rings (SSSR count). The average Bonchev–Trinajstić information content (AvgIpc) is 2.11. The predicted octanol–water partition coefficient (Wildman–Crippen LogP) is 0.0619. The van der Waals surface area contributed by atoms with Gasteiger partial charge in [0.15, 0.2) is 0 Å². The Morgan fingerprint density at radius 2 is 1.93 bits per heavy atom. The Balaban J connectivity index is 2.51. The molecule has 14 heavy (non-hydrogen) atoms. The van der Waals surface area contributed by atoms with E-state index in [4.69, 9.17) is 11.5 Å². The zero-order chi connectivity index (χ0) is 10.7. The van der Waals surface area contributed by atoms with E-state index in [-0.39, 0.29) is 0 Å². The molecule has 0 saturated carbocycles. The quantitative estimate of drug-likeness (QED) is 0.675. The fraction of sp³-hybridized carbons (Fsp3) is 0.900. The molecule has 4 N–H and O–H groups in total. The summed E-state index contributed by atoms with van der Waals surface area (Å²) in [6.45, 7) is 4.96. The van der Waals surface area contributed by atoms with Gasteiger partial charge in [-0.2, -0.15) is 0 Å². The number of piperidine rings is 1. The maximum absolute atomic E-state index is 10.9. The highest BCUT2D eigenvalue weighted by Crippen LogP contribution is 2.22. The molecule has 1 unspecified atom stereocenters. The molecule has 4 nitrogen and oxygen atoms in total. The van der Waals surface area contributed by atoms with Gasteiger partial charge in [-0.1, -0.05) is 6.42 Å². The first-order valence-corrected chi connectivity index (χ1v) is 5.33. The molecule has 0 aromatic rings. The summed E-state index contributed by atoms with van der Waals surface area (Å²) in [6.07, 6.45) is 3.65. The molecule has 1 saturated heterocycles. The minimum atomic E-state index is -0.530. The van der Waals surface area contributed by atoms with Crippen molar-refractivity contribution in [3.05, 3.63) is 0 Å². The normalized spacial score (nSPS) is 31.4. The molecule has 3 atom stereocenters. The van der Waals surface area contributed by atoms with Crippen molar-refractivity contribution in [1.29, 1.82) is 0 Å². The highest BCUT2D eigenvalue weighted by atomic mass is 16.1. The van der Waals surface area contributed by atoms with Crippen LogP contribution in [0.4, 0.5) is 0 Å². The van der Waals surface area contributed by atoms with Gasteiger partial charge in [-0.25, -0.2) is 0 Å². The summed E-state index contributed by atoms with van der Waals surface area (Å²) in [6, 6.07) is 0.506. The Bertz CT molecular complexity index is 198. The van der Waals surface area contributed by atoms with Gasteiger partial charge in [-0.3, -0.25) is 9.69 Å². The number of carbonyl (C=O) groups is 1. The summed E-state index contributed by atoms with van der Waals surface area (Å²) >= 11 is 0. The number of hydrogen-bond donors (Lipinski definition) is 2. The molecule has 0 aliphatic carbocycles. The molecular formula is C10H21N3O. The standard InChI is InChI=1S/C10H21N3O/c1-7-4-3-5-8(2)13(7)6-9(11)10(12)14/h7-9H,3-6,11H2,1-2H3,(H2,12,14)/t7-,8+,9?. The maximum Gasteiger partial charge on any atom is 0.235 e. The van der Waals surface area contributed by atoms with Crippen LogP contribution in [-0.4, -0.2) is 35.5 Å². The number of nitrogens with two attached hydrogens (primary N) is 2. The van der Waals surface area contributed by atoms with Crippen molar-refractivity contribution >= 4 is 5.91 Å². The second-order valence-corrected chi connectivity index (χ2v) is 4.33. The van der Waals surface area contributed by atoms with Crippen molar-refractivity contribution in [3.63, 3.8) is 0 Å². The molecule has 0 bridgehead atoms. The van der Waals surface area contributed by atoms with E-state index in [9.17, 15) is 4.79 Å². The molecule has 0 aromatic heterocycles. The fourth-order valence-corrected chi connectivity index (χ4v) is 2.15. The van der Waals surface area contributed by atoms with Crippen LogP contribution < -0.4 is 11.5 Å². The third kappa shape index (κ3) is 2.69. The Kier molecular flexibility index (Phi) is 3.89. The van der Waals surface area contributed by atoms with E-state index in [1.54, 1.807) is 0 Å². The zero-order valence-corrected chi connectivity index (χ0v) is 9.07. The topological polar surface area (TPSA) is 72.3 Å². The van der Waals surface area contributed by atoms with E-state index < -0.39 is 11.9 Å². The van der Waals surface area contributed by atoms with Crippen LogP contribution in [0.1, 0.15) is 33.1 Å². The lowest BCUT2D eigenvalue weighted by molar-refractivity contribution is -0.120. The Hall–Kier alpha value is -0.610. The van der Waals surface area contributed by atoms with Gasteiger partial charge >= 0.3 is 0 Å². The fourth-order valence-electron chi connectivity index (χ4n) is 2.15. The summed E-state index contributed by atoms with van der Waals surface area (Å²) in [5.74, 6) is -0.407. The second kappa shape index (κ2) is 4.75. The highest BCUT2D eigenvalue weighted by molar-refractivity contribution is 5.79. The third-order valence-corrected chi connectivity index (χ3v) is 3.15. The van der Waals surface area contributed by atoms with E-state index in [2.05, 4.69) is 18.7 Å². The monoisotopic (exact) mass is 199 g/mol. The van der Waals surface area contributed by atoms with Crippen LogP contribution in [0.25, 0.3) is 0 Å². The number of amides is 1. The van der Waals surface area contributed by atoms with Crippen molar-refractivity contribution in [2.45, 2.75) is 51.2 Å². The summed E-state index contributed by atoms with van der Waals surface area (Å²) in [5.41, 5.74) is 10.8. The zero-order valence-electron chi connectivity index (χ0n) is 9.07. The van der Waals surface area contributed by atoms with Crippen molar-refractivity contribution in [2.75, 3.05) is 6.54 Å². The largest absolute Gasteiger partial charge is 0.368 e. The number of nitrogens with zero attached hydrogens (tertiary/aromatic N) is 1. The van der Waals surface area contributed by atoms with Gasteiger partial charge in [0.25, 0.3) is 0 Å². The lowest BCUT2D eigenvalue weighted by Crippen LogP contribution is -2.52. The van der Waals surface area contributed by atoms with Crippen LogP contribution >= 0.6 is 0 Å². The van der Waals surface area contributed by atoms with Gasteiger partial charge in [0.2, 0.25) is 5.91 Å². The maximum atomic E-state index is 10.9. The Morgan fingerprint density at radius 3 is 2.36 bits per heavy atom. The Labute approximate surface area is 85.6 Å². The van der Waals surface area contributed by atoms with Gasteiger partial charge in [0, 0.05) is 18.6 Å². The van der Waals surface area contributed by atoms with E-state index >= 15 is 0 Å². The van der Waals surface area contributed by atoms with Gasteiger partial charge in [-0.05, 0) is 26.7 Å². The molecule has 0 radical (unpaired) electrons. The highest BCUT2D eigenvalue weighted by Gasteiger charge is 2.27. The number of likely N-dealkylation sites (tertiary alicyclic amines) is 1. The van der Waals surface area contributed by atoms with Crippen molar-refractivity contribution in [2.24, 2.45) is 11.5 Å². The second-order valence-electron chi connectivity index (χ2n) is 4.33. The van der Waals surface area contributed by atoms with Crippen LogP contribution in [0, 0.1) is 0 Å². The first kappa shape index (κ1) is 11.5. The summed E-state index contributed by atoms with van der Waals surface area (Å²) in [4.78, 5) is 13.1. The molecule has 1 aliphatic heterocycles. The minimum Gasteiger partial charge on any atom is -0.368 e. The molecule has 1 heterocycles. The van der Waals surface area contributed by atoms with Gasteiger partial charge in [0.1, 0.15) is 0 Å². The van der Waals surface area contributed by atoms with Gasteiger partial charge < -0.3 is 11.5 Å². The molecule has 1 fully saturated rings. The van der Waals surface area contributed by atoms with Crippen LogP contribution in [0.3, 0.4) is 0 Å². The first-order chi connectivity index (χ1) is 6.52. The number of carbonyl (C=O) groups excluding carboxylic acids is 1. The predicted molar refractivity (Wildman–Crippen MR) is 56.7 cm³/mol. The third-order valence-electron chi connectivity index (χ3n) is 3.15. The lowest BCUT2D eigenvalue weighted by Gasteiger charge is -2.39. The number of hydrogen-bond acceptors (Lipinski definition) is 3. The summed E-state index contributed by atoms with van der Waals surface area (Å²) in [5, 5.41) is 0. The van der Waals surface area contributed by atoms with E-state index in [0.717, 1.165) is 0 Å². The molecule has 4 heteroatoms. The minimum absolute atomic E-state index is 0.407. The van der Waals surface area contributed by atoms with E-state index in [0.29, 0.717) is 18.6 Å². The number of rotatable bonds is 3. The van der Waals surface area contributed by atoms with Crippen molar-refractivity contribution < 1.29 is 4.79 Å². The van der Waals surface area contributed by atoms with Crippen molar-refractivity contribution in [3.8, 4) is 0 Å². The van der Waals surface area contributed by atoms with Gasteiger partial charge in [0.05, 0.1) is 6.04 Å². The molecule has 1 amide bonds. The van der Waals surface area contributed by atoms with E-state index in [1.807, 2.05) is 0 Å².